The third-order valence-corrected chi connectivity index (χ3v) is 4.24. The lowest BCUT2D eigenvalue weighted by molar-refractivity contribution is 0.581. The van der Waals surface area contributed by atoms with Gasteiger partial charge >= 0.3 is 0 Å². The van der Waals surface area contributed by atoms with Gasteiger partial charge in [-0.2, -0.15) is 11.3 Å². The highest BCUT2D eigenvalue weighted by Crippen LogP contribution is 2.08. The summed E-state index contributed by atoms with van der Waals surface area (Å²) >= 11 is 1.51. The van der Waals surface area contributed by atoms with Crippen molar-refractivity contribution < 1.29 is 8.42 Å². The number of hydrogen-bond acceptors (Lipinski definition) is 4. The Bertz CT molecular complexity index is 624. The molecule has 0 spiro atoms. The number of nitrogens with one attached hydrogen (secondary N) is 2. The number of aromatic nitrogens is 1. The van der Waals surface area contributed by atoms with Gasteiger partial charge in [-0.15, -0.1) is 0 Å². The minimum Gasteiger partial charge on any atom is -0.328 e. The molecule has 17 heavy (non-hydrogen) atoms. The second-order valence-electron chi connectivity index (χ2n) is 3.34. The largest absolute Gasteiger partial charge is 0.328 e. The van der Waals surface area contributed by atoms with E-state index in [1.165, 1.54) is 29.7 Å². The van der Waals surface area contributed by atoms with E-state index in [4.69, 9.17) is 0 Å². The van der Waals surface area contributed by atoms with E-state index in [0.717, 1.165) is 5.56 Å². The van der Waals surface area contributed by atoms with Gasteiger partial charge in [0.1, 0.15) is 0 Å². The highest BCUT2D eigenvalue weighted by molar-refractivity contribution is 7.89. The molecular formula is C10H10N2O3S2. The summed E-state index contributed by atoms with van der Waals surface area (Å²) in [6, 6.07) is 4.30. The van der Waals surface area contributed by atoms with Crippen molar-refractivity contribution in [3.63, 3.8) is 0 Å². The van der Waals surface area contributed by atoms with Gasteiger partial charge in [0, 0.05) is 18.8 Å². The summed E-state index contributed by atoms with van der Waals surface area (Å²) in [5, 5.41) is 3.75. The van der Waals surface area contributed by atoms with E-state index >= 15 is 0 Å². The normalized spacial score (nSPS) is 11.5. The third kappa shape index (κ3) is 3.02. The van der Waals surface area contributed by atoms with Crippen LogP contribution in [0.5, 0.6) is 0 Å². The maximum atomic E-state index is 11.8. The summed E-state index contributed by atoms with van der Waals surface area (Å²) in [4.78, 5) is 13.2. The first-order chi connectivity index (χ1) is 8.08. The number of H-pyrrole nitrogens is 1. The van der Waals surface area contributed by atoms with E-state index in [1.807, 2.05) is 16.8 Å². The molecule has 2 heterocycles. The first kappa shape index (κ1) is 12.0. The van der Waals surface area contributed by atoms with Crippen molar-refractivity contribution in [1.82, 2.24) is 9.71 Å². The quantitative estimate of drug-likeness (QED) is 0.867. The average Bonchev–Trinajstić information content (AvgIpc) is 2.80. The molecule has 2 N–H and O–H groups in total. The van der Waals surface area contributed by atoms with Crippen LogP contribution in [0.2, 0.25) is 0 Å². The van der Waals surface area contributed by atoms with E-state index in [9.17, 15) is 13.2 Å². The first-order valence-electron chi connectivity index (χ1n) is 4.77. The number of thiophene rings is 1. The fourth-order valence-corrected chi connectivity index (χ4v) is 2.87. The number of rotatable bonds is 4. The average molecular weight is 270 g/mol. The number of hydrogen-bond donors (Lipinski definition) is 2. The van der Waals surface area contributed by atoms with Crippen molar-refractivity contribution in [2.75, 3.05) is 0 Å². The van der Waals surface area contributed by atoms with Crippen LogP contribution < -0.4 is 10.3 Å². The molecule has 0 aliphatic carbocycles. The molecule has 2 rings (SSSR count). The van der Waals surface area contributed by atoms with Crippen LogP contribution in [0.25, 0.3) is 0 Å². The summed E-state index contributed by atoms with van der Waals surface area (Å²) in [6.07, 6.45) is 1.18. The van der Waals surface area contributed by atoms with E-state index in [2.05, 4.69) is 9.71 Å². The smallest absolute Gasteiger partial charge is 0.247 e. The van der Waals surface area contributed by atoms with Crippen LogP contribution in [-0.2, 0) is 16.6 Å². The summed E-state index contributed by atoms with van der Waals surface area (Å²) < 4.78 is 26.1. The lowest BCUT2D eigenvalue weighted by Gasteiger charge is -2.04. The van der Waals surface area contributed by atoms with Crippen molar-refractivity contribution in [2.24, 2.45) is 0 Å². The zero-order valence-corrected chi connectivity index (χ0v) is 10.3. The molecule has 0 amide bonds. The lowest BCUT2D eigenvalue weighted by Crippen LogP contribution is -2.23. The molecule has 2 aromatic rings. The van der Waals surface area contributed by atoms with Gasteiger partial charge < -0.3 is 4.98 Å². The molecule has 0 saturated carbocycles. The van der Waals surface area contributed by atoms with Crippen molar-refractivity contribution in [1.29, 1.82) is 0 Å². The van der Waals surface area contributed by atoms with Gasteiger partial charge in [-0.25, -0.2) is 13.1 Å². The molecule has 2 aromatic heterocycles. The van der Waals surface area contributed by atoms with E-state index in [1.54, 1.807) is 0 Å². The van der Waals surface area contributed by atoms with Crippen molar-refractivity contribution in [3.05, 3.63) is 51.1 Å². The Hall–Kier alpha value is -1.44. The van der Waals surface area contributed by atoms with Gasteiger partial charge in [-0.1, -0.05) is 0 Å². The first-order valence-corrected chi connectivity index (χ1v) is 7.20. The highest BCUT2D eigenvalue weighted by atomic mass is 32.2. The van der Waals surface area contributed by atoms with Crippen LogP contribution in [0.15, 0.2) is 44.8 Å². The second kappa shape index (κ2) is 4.82. The van der Waals surface area contributed by atoms with Crippen LogP contribution in [0.3, 0.4) is 0 Å². The van der Waals surface area contributed by atoms with Gasteiger partial charge in [0.25, 0.3) is 0 Å². The van der Waals surface area contributed by atoms with Crippen molar-refractivity contribution in [3.8, 4) is 0 Å². The molecule has 0 saturated heterocycles. The molecule has 0 fully saturated rings. The zero-order valence-electron chi connectivity index (χ0n) is 8.71. The SMILES string of the molecule is O=c1ccc(S(=O)(=O)NCc2ccsc2)c[nH]1. The standard InChI is InChI=1S/C10H10N2O3S2/c13-10-2-1-9(6-11-10)17(14,15)12-5-8-3-4-16-7-8/h1-4,6-7,12H,5H2,(H,11,13). The topological polar surface area (TPSA) is 79.0 Å². The fraction of sp³-hybridized carbons (Fsp3) is 0.100. The van der Waals surface area contributed by atoms with Crippen molar-refractivity contribution >= 4 is 21.4 Å². The van der Waals surface area contributed by atoms with Crippen LogP contribution in [0.1, 0.15) is 5.56 Å². The molecule has 0 aliphatic heterocycles. The molecule has 7 heteroatoms. The van der Waals surface area contributed by atoms with Gasteiger partial charge in [0.05, 0.1) is 4.90 Å². The van der Waals surface area contributed by atoms with Crippen LogP contribution in [-0.4, -0.2) is 13.4 Å². The number of sulfonamides is 1. The van der Waals surface area contributed by atoms with Crippen LogP contribution >= 0.6 is 11.3 Å². The highest BCUT2D eigenvalue weighted by Gasteiger charge is 2.13. The van der Waals surface area contributed by atoms with Crippen LogP contribution in [0.4, 0.5) is 0 Å². The molecule has 0 aliphatic rings. The van der Waals surface area contributed by atoms with Gasteiger partial charge in [-0.05, 0) is 28.5 Å². The maximum absolute atomic E-state index is 11.8. The Kier molecular flexibility index (Phi) is 3.41. The molecule has 90 valence electrons. The molecular weight excluding hydrogens is 260 g/mol. The third-order valence-electron chi connectivity index (χ3n) is 2.11. The Morgan fingerprint density at radius 3 is 2.71 bits per heavy atom. The Morgan fingerprint density at radius 2 is 2.12 bits per heavy atom. The van der Waals surface area contributed by atoms with Gasteiger partial charge in [-0.3, -0.25) is 4.79 Å². The molecule has 0 aromatic carbocycles. The molecule has 0 bridgehead atoms. The Morgan fingerprint density at radius 1 is 1.29 bits per heavy atom. The predicted octanol–water partition coefficient (Wildman–Crippen LogP) is 0.915. The van der Waals surface area contributed by atoms with Crippen LogP contribution in [0, 0.1) is 0 Å². The Balaban J connectivity index is 2.14. The lowest BCUT2D eigenvalue weighted by atomic mass is 10.4. The van der Waals surface area contributed by atoms with Gasteiger partial charge in [0.15, 0.2) is 0 Å². The van der Waals surface area contributed by atoms with E-state index < -0.39 is 10.0 Å². The van der Waals surface area contributed by atoms with Crippen molar-refractivity contribution in [2.45, 2.75) is 11.4 Å². The monoisotopic (exact) mass is 270 g/mol. The van der Waals surface area contributed by atoms with Gasteiger partial charge in [0.2, 0.25) is 15.6 Å². The minimum atomic E-state index is -3.57. The summed E-state index contributed by atoms with van der Waals surface area (Å²) in [7, 11) is -3.57. The summed E-state index contributed by atoms with van der Waals surface area (Å²) in [5.41, 5.74) is 0.574. The fourth-order valence-electron chi connectivity index (χ4n) is 1.22. The second-order valence-corrected chi connectivity index (χ2v) is 5.89. The molecule has 0 unspecified atom stereocenters. The molecule has 0 radical (unpaired) electrons. The minimum absolute atomic E-state index is 0.0485. The summed E-state index contributed by atoms with van der Waals surface area (Å²) in [6.45, 7) is 0.241. The van der Waals surface area contributed by atoms with E-state index in [0.29, 0.717) is 0 Å². The number of aromatic amines is 1. The summed E-state index contributed by atoms with van der Waals surface area (Å²) in [5.74, 6) is 0. The van der Waals surface area contributed by atoms with E-state index in [-0.39, 0.29) is 17.0 Å². The molecule has 5 nitrogen and oxygen atoms in total. The Labute approximate surface area is 102 Å². The zero-order chi connectivity index (χ0) is 12.3. The maximum Gasteiger partial charge on any atom is 0.247 e. The molecule has 0 atom stereocenters. The number of pyridine rings is 1. The predicted molar refractivity (Wildman–Crippen MR) is 65.4 cm³/mol.